The fourth-order valence-corrected chi connectivity index (χ4v) is 5.61. The Morgan fingerprint density at radius 2 is 2.03 bits per heavy atom. The highest BCUT2D eigenvalue weighted by molar-refractivity contribution is 7.99. The lowest BCUT2D eigenvalue weighted by Crippen LogP contribution is -2.45. The highest BCUT2D eigenvalue weighted by Gasteiger charge is 2.33. The molecular formula is C23H30N4O2S. The van der Waals surface area contributed by atoms with Crippen LogP contribution in [-0.4, -0.2) is 51.5 Å². The molecule has 0 bridgehead atoms. The van der Waals surface area contributed by atoms with E-state index in [2.05, 4.69) is 21.7 Å². The van der Waals surface area contributed by atoms with Crippen LogP contribution in [-0.2, 0) is 11.3 Å². The molecule has 160 valence electrons. The van der Waals surface area contributed by atoms with E-state index in [0.29, 0.717) is 18.2 Å². The Kier molecular flexibility index (Phi) is 6.77. The summed E-state index contributed by atoms with van der Waals surface area (Å²) in [5.74, 6) is 3.59. The molecule has 1 aromatic heterocycles. The Balaban J connectivity index is 1.45. The van der Waals surface area contributed by atoms with Crippen LogP contribution >= 0.6 is 11.8 Å². The van der Waals surface area contributed by atoms with E-state index in [1.54, 1.807) is 7.11 Å². The molecule has 7 heteroatoms. The minimum atomic E-state index is 0.205. The van der Waals surface area contributed by atoms with E-state index in [0.717, 1.165) is 47.7 Å². The van der Waals surface area contributed by atoms with Crippen LogP contribution in [0.15, 0.2) is 42.1 Å². The number of carbonyl (C=O) groups excluding carboxylic acids is 1. The summed E-state index contributed by atoms with van der Waals surface area (Å²) in [7, 11) is 1.65. The normalized spacial score (nSPS) is 21.2. The molecular weight excluding hydrogens is 396 g/mol. The predicted octanol–water partition coefficient (Wildman–Crippen LogP) is 4.27. The Morgan fingerprint density at radius 3 is 2.83 bits per heavy atom. The van der Waals surface area contributed by atoms with Gasteiger partial charge >= 0.3 is 0 Å². The maximum atomic E-state index is 12.9. The molecule has 2 atom stereocenters. The first-order valence-corrected chi connectivity index (χ1v) is 11.8. The van der Waals surface area contributed by atoms with Gasteiger partial charge in [0.05, 0.1) is 18.4 Å². The molecule has 0 radical (unpaired) electrons. The van der Waals surface area contributed by atoms with Crippen LogP contribution in [0, 0.1) is 11.8 Å². The number of benzene rings is 1. The van der Waals surface area contributed by atoms with Crippen molar-refractivity contribution in [2.45, 2.75) is 43.8 Å². The van der Waals surface area contributed by atoms with Crippen LogP contribution in [0.5, 0.6) is 5.75 Å². The molecule has 6 nitrogen and oxygen atoms in total. The molecule has 30 heavy (non-hydrogen) atoms. The molecule has 0 N–H and O–H groups in total. The Bertz CT molecular complexity index is 897. The topological polar surface area (TPSA) is 60.2 Å². The van der Waals surface area contributed by atoms with E-state index in [4.69, 9.17) is 4.74 Å². The molecule has 2 fully saturated rings. The lowest BCUT2D eigenvalue weighted by molar-refractivity contribution is -0.131. The number of rotatable bonds is 7. The third-order valence-corrected chi connectivity index (χ3v) is 7.30. The number of aromatic nitrogens is 3. The summed E-state index contributed by atoms with van der Waals surface area (Å²) >= 11 is 1.46. The molecule has 0 spiro atoms. The standard InChI is InChI=1S/C23H30N4O2S/c1-3-13-27-22(19-10-6-7-11-20(19)29-2)24-25-23(27)30-16-21(28)26-14-12-17-8-4-5-9-18(17)15-26/h3,6-7,10-11,17-18H,1,4-5,8-9,12-16H2,2H3/t17-,18-/m1/s1. The van der Waals surface area contributed by atoms with Crippen molar-refractivity contribution in [1.82, 2.24) is 19.7 Å². The Morgan fingerprint density at radius 1 is 1.23 bits per heavy atom. The van der Waals surface area contributed by atoms with Crippen molar-refractivity contribution in [3.8, 4) is 17.1 Å². The predicted molar refractivity (Wildman–Crippen MR) is 120 cm³/mol. The molecule has 0 unspecified atom stereocenters. The van der Waals surface area contributed by atoms with Gasteiger partial charge in [0.25, 0.3) is 0 Å². The summed E-state index contributed by atoms with van der Waals surface area (Å²) in [6.45, 7) is 6.26. The number of hydrogen-bond acceptors (Lipinski definition) is 5. The molecule has 2 aromatic rings. The number of methoxy groups -OCH3 is 1. The molecule has 1 aliphatic heterocycles. The van der Waals surface area contributed by atoms with Gasteiger partial charge in [0, 0.05) is 19.6 Å². The quantitative estimate of drug-likeness (QED) is 0.489. The molecule has 4 rings (SSSR count). The van der Waals surface area contributed by atoms with Crippen molar-refractivity contribution < 1.29 is 9.53 Å². The maximum Gasteiger partial charge on any atom is 0.233 e. The van der Waals surface area contributed by atoms with Crippen LogP contribution in [0.25, 0.3) is 11.4 Å². The van der Waals surface area contributed by atoms with Crippen molar-refractivity contribution in [3.05, 3.63) is 36.9 Å². The zero-order valence-electron chi connectivity index (χ0n) is 17.6. The van der Waals surface area contributed by atoms with Crippen molar-refractivity contribution in [2.75, 3.05) is 26.0 Å². The second-order valence-corrected chi connectivity index (χ2v) is 9.07. The van der Waals surface area contributed by atoms with Crippen LogP contribution in [0.2, 0.25) is 0 Å². The van der Waals surface area contributed by atoms with Gasteiger partial charge in [-0.15, -0.1) is 16.8 Å². The number of thioether (sulfide) groups is 1. The largest absolute Gasteiger partial charge is 0.496 e. The summed E-state index contributed by atoms with van der Waals surface area (Å²) in [6.07, 6.45) is 8.27. The fraction of sp³-hybridized carbons (Fsp3) is 0.522. The number of likely N-dealkylation sites (tertiary alicyclic amines) is 1. The van der Waals surface area contributed by atoms with Crippen LogP contribution < -0.4 is 4.74 Å². The number of fused-ring (bicyclic) bond motifs is 1. The van der Waals surface area contributed by atoms with Crippen LogP contribution in [0.4, 0.5) is 0 Å². The first-order chi connectivity index (χ1) is 14.7. The lowest BCUT2D eigenvalue weighted by Gasteiger charge is -2.41. The number of piperidine rings is 1. The number of ether oxygens (including phenoxy) is 1. The van der Waals surface area contributed by atoms with E-state index in [-0.39, 0.29) is 5.91 Å². The number of hydrogen-bond donors (Lipinski definition) is 0. The Hall–Kier alpha value is -2.28. The summed E-state index contributed by atoms with van der Waals surface area (Å²) in [4.78, 5) is 15.0. The number of nitrogens with zero attached hydrogens (tertiary/aromatic N) is 4. The number of amides is 1. The average Bonchev–Trinajstić information content (AvgIpc) is 3.19. The minimum absolute atomic E-state index is 0.205. The van der Waals surface area contributed by atoms with Gasteiger partial charge in [-0.05, 0) is 36.8 Å². The first kappa shape index (κ1) is 21.0. The zero-order chi connectivity index (χ0) is 20.9. The van der Waals surface area contributed by atoms with Gasteiger partial charge in [-0.2, -0.15) is 0 Å². The summed E-state index contributed by atoms with van der Waals surface area (Å²) in [5, 5.41) is 9.50. The number of para-hydroxylation sites is 1. The first-order valence-electron chi connectivity index (χ1n) is 10.8. The van der Waals surface area contributed by atoms with Gasteiger partial charge in [-0.1, -0.05) is 49.2 Å². The van der Waals surface area contributed by atoms with Gasteiger partial charge < -0.3 is 9.64 Å². The van der Waals surface area contributed by atoms with E-state index >= 15 is 0 Å². The second-order valence-electron chi connectivity index (χ2n) is 8.13. The average molecular weight is 427 g/mol. The molecule has 2 heterocycles. The highest BCUT2D eigenvalue weighted by atomic mass is 32.2. The highest BCUT2D eigenvalue weighted by Crippen LogP contribution is 2.36. The van der Waals surface area contributed by atoms with Gasteiger partial charge in [-0.25, -0.2) is 0 Å². The molecule has 1 amide bonds. The monoisotopic (exact) mass is 426 g/mol. The van der Waals surface area contributed by atoms with E-state index in [9.17, 15) is 4.79 Å². The molecule has 1 saturated carbocycles. The molecule has 1 aromatic carbocycles. The van der Waals surface area contributed by atoms with Crippen molar-refractivity contribution in [2.24, 2.45) is 11.8 Å². The van der Waals surface area contributed by atoms with Crippen LogP contribution in [0.3, 0.4) is 0 Å². The summed E-state index contributed by atoms with van der Waals surface area (Å²) in [5.41, 5.74) is 0.881. The van der Waals surface area contributed by atoms with Crippen molar-refractivity contribution in [1.29, 1.82) is 0 Å². The maximum absolute atomic E-state index is 12.9. The van der Waals surface area contributed by atoms with E-state index in [1.807, 2.05) is 34.9 Å². The van der Waals surface area contributed by atoms with Gasteiger partial charge in [-0.3, -0.25) is 9.36 Å². The minimum Gasteiger partial charge on any atom is -0.496 e. The second kappa shape index (κ2) is 9.69. The molecule has 1 saturated heterocycles. The van der Waals surface area contributed by atoms with Gasteiger partial charge in [0.15, 0.2) is 11.0 Å². The Labute approximate surface area is 182 Å². The molecule has 1 aliphatic carbocycles. The third-order valence-electron chi connectivity index (χ3n) is 6.35. The summed E-state index contributed by atoms with van der Waals surface area (Å²) < 4.78 is 7.48. The number of allylic oxidation sites excluding steroid dienone is 1. The number of carbonyl (C=O) groups is 1. The van der Waals surface area contributed by atoms with Crippen molar-refractivity contribution >= 4 is 17.7 Å². The zero-order valence-corrected chi connectivity index (χ0v) is 18.4. The summed E-state index contributed by atoms with van der Waals surface area (Å²) in [6, 6.07) is 7.76. The van der Waals surface area contributed by atoms with Gasteiger partial charge in [0.1, 0.15) is 5.75 Å². The molecule has 2 aliphatic rings. The fourth-order valence-electron chi connectivity index (χ4n) is 4.76. The smallest absolute Gasteiger partial charge is 0.233 e. The van der Waals surface area contributed by atoms with Crippen LogP contribution in [0.1, 0.15) is 32.1 Å². The van der Waals surface area contributed by atoms with Crippen molar-refractivity contribution in [3.63, 3.8) is 0 Å². The lowest BCUT2D eigenvalue weighted by atomic mass is 9.75. The van der Waals surface area contributed by atoms with E-state index < -0.39 is 0 Å². The third kappa shape index (κ3) is 4.41. The SMILES string of the molecule is C=CCn1c(SCC(=O)N2CC[C@H]3CCCC[C@@H]3C2)nnc1-c1ccccc1OC. The van der Waals surface area contributed by atoms with Gasteiger partial charge in [0.2, 0.25) is 5.91 Å². The van der Waals surface area contributed by atoms with E-state index in [1.165, 1.54) is 37.4 Å².